The molecule has 0 radical (unpaired) electrons. The quantitative estimate of drug-likeness (QED) is 0.887. The highest BCUT2D eigenvalue weighted by molar-refractivity contribution is 5.81. The van der Waals surface area contributed by atoms with Crippen LogP contribution in [-0.4, -0.2) is 39.7 Å². The highest BCUT2D eigenvalue weighted by Crippen LogP contribution is 2.13. The Labute approximate surface area is 115 Å². The van der Waals surface area contributed by atoms with Crippen LogP contribution in [0, 0.1) is 13.8 Å². The zero-order chi connectivity index (χ0) is 14.0. The predicted octanol–water partition coefficient (Wildman–Crippen LogP) is 1.14. The minimum Gasteiger partial charge on any atom is -0.341 e. The first-order chi connectivity index (χ1) is 9.00. The fourth-order valence-corrected chi connectivity index (χ4v) is 2.63. The maximum atomic E-state index is 12.2. The van der Waals surface area contributed by atoms with E-state index in [1.807, 2.05) is 30.5 Å². The average molecular weight is 264 g/mol. The third-order valence-corrected chi connectivity index (χ3v) is 4.03. The Morgan fingerprint density at radius 2 is 2.00 bits per heavy atom. The van der Waals surface area contributed by atoms with Gasteiger partial charge in [0, 0.05) is 37.9 Å². The second kappa shape index (κ2) is 5.74. The monoisotopic (exact) mass is 264 g/mol. The van der Waals surface area contributed by atoms with E-state index in [2.05, 4.69) is 17.3 Å². The van der Waals surface area contributed by atoms with Crippen LogP contribution in [-0.2, 0) is 18.4 Å². The Hall–Kier alpha value is -1.36. The number of carbonyl (C=O) groups excluding carboxylic acids is 1. The lowest BCUT2D eigenvalue weighted by Crippen LogP contribution is -2.43. The van der Waals surface area contributed by atoms with Crippen molar-refractivity contribution in [3.05, 3.63) is 17.0 Å². The van der Waals surface area contributed by atoms with Crippen LogP contribution >= 0.6 is 0 Å². The predicted molar refractivity (Wildman–Crippen MR) is 74.8 cm³/mol. The van der Waals surface area contributed by atoms with Gasteiger partial charge in [0.2, 0.25) is 5.91 Å². The first-order valence-electron chi connectivity index (χ1n) is 7.02. The van der Waals surface area contributed by atoms with Crippen LogP contribution in [0.1, 0.15) is 36.7 Å². The normalized spacial score (nSPS) is 16.9. The molecule has 1 aliphatic heterocycles. The van der Waals surface area contributed by atoms with Gasteiger partial charge < -0.3 is 10.2 Å². The third-order valence-electron chi connectivity index (χ3n) is 4.03. The van der Waals surface area contributed by atoms with Crippen molar-refractivity contribution in [1.29, 1.82) is 0 Å². The highest BCUT2D eigenvalue weighted by Gasteiger charge is 2.23. The van der Waals surface area contributed by atoms with Crippen LogP contribution < -0.4 is 5.32 Å². The summed E-state index contributed by atoms with van der Waals surface area (Å²) in [5.41, 5.74) is 3.39. The Morgan fingerprint density at radius 1 is 1.37 bits per heavy atom. The summed E-state index contributed by atoms with van der Waals surface area (Å²) in [6.07, 6.45) is 2.28. The van der Waals surface area contributed by atoms with Crippen molar-refractivity contribution in [2.45, 2.75) is 46.2 Å². The van der Waals surface area contributed by atoms with Crippen molar-refractivity contribution >= 4 is 5.91 Å². The molecule has 5 nitrogen and oxygen atoms in total. The molecule has 1 unspecified atom stereocenters. The van der Waals surface area contributed by atoms with Gasteiger partial charge in [-0.1, -0.05) is 0 Å². The van der Waals surface area contributed by atoms with Crippen LogP contribution in [0.5, 0.6) is 0 Å². The molecule has 0 aliphatic carbocycles. The molecule has 1 saturated heterocycles. The summed E-state index contributed by atoms with van der Waals surface area (Å²) >= 11 is 0. The zero-order valence-electron chi connectivity index (χ0n) is 12.4. The van der Waals surface area contributed by atoms with Gasteiger partial charge in [-0.3, -0.25) is 9.48 Å². The van der Waals surface area contributed by atoms with E-state index in [1.165, 1.54) is 5.56 Å². The maximum Gasteiger partial charge on any atom is 0.239 e. The molecule has 0 spiro atoms. The molecule has 1 fully saturated rings. The Bertz CT molecular complexity index is 460. The number of rotatable bonds is 4. The number of carbonyl (C=O) groups is 1. The van der Waals surface area contributed by atoms with Gasteiger partial charge in [-0.2, -0.15) is 5.10 Å². The van der Waals surface area contributed by atoms with Gasteiger partial charge in [0.1, 0.15) is 0 Å². The summed E-state index contributed by atoms with van der Waals surface area (Å²) in [6.45, 7) is 8.54. The van der Waals surface area contributed by atoms with Crippen LogP contribution in [0.15, 0.2) is 0 Å². The molecule has 1 aromatic heterocycles. The van der Waals surface area contributed by atoms with Crippen molar-refractivity contribution in [3.8, 4) is 0 Å². The van der Waals surface area contributed by atoms with Gasteiger partial charge in [-0.25, -0.2) is 0 Å². The van der Waals surface area contributed by atoms with Crippen LogP contribution in [0.2, 0.25) is 0 Å². The summed E-state index contributed by atoms with van der Waals surface area (Å²) in [5, 5.41) is 7.72. The fraction of sp³-hybridized carbons (Fsp3) is 0.714. The third kappa shape index (κ3) is 2.97. The average Bonchev–Trinajstić information content (AvgIpc) is 2.97. The van der Waals surface area contributed by atoms with Crippen LogP contribution in [0.4, 0.5) is 0 Å². The molecule has 5 heteroatoms. The van der Waals surface area contributed by atoms with Gasteiger partial charge in [-0.05, 0) is 33.6 Å². The molecule has 0 bridgehead atoms. The number of hydrogen-bond acceptors (Lipinski definition) is 3. The van der Waals surface area contributed by atoms with E-state index in [0.29, 0.717) is 6.54 Å². The first-order valence-corrected chi connectivity index (χ1v) is 7.02. The highest BCUT2D eigenvalue weighted by atomic mass is 16.2. The smallest absolute Gasteiger partial charge is 0.239 e. The second-order valence-corrected chi connectivity index (χ2v) is 5.41. The largest absolute Gasteiger partial charge is 0.341 e. The molecule has 19 heavy (non-hydrogen) atoms. The molecule has 0 saturated carbocycles. The van der Waals surface area contributed by atoms with Crippen molar-refractivity contribution in [2.75, 3.05) is 13.1 Å². The number of hydrogen-bond donors (Lipinski definition) is 1. The lowest BCUT2D eigenvalue weighted by Gasteiger charge is -2.21. The standard InChI is InChI=1S/C14H24N4O/c1-10-13(12(3)17(4)16-10)9-15-11(2)14(19)18-7-5-6-8-18/h11,15H,5-9H2,1-4H3. The minimum atomic E-state index is -0.128. The molecule has 2 rings (SSSR count). The molecule has 1 N–H and O–H groups in total. The zero-order valence-corrected chi connectivity index (χ0v) is 12.4. The molecule has 2 heterocycles. The van der Waals surface area contributed by atoms with E-state index < -0.39 is 0 Å². The van der Waals surface area contributed by atoms with Gasteiger partial charge >= 0.3 is 0 Å². The summed E-state index contributed by atoms with van der Waals surface area (Å²) in [6, 6.07) is -0.128. The second-order valence-electron chi connectivity index (χ2n) is 5.41. The molecule has 1 aromatic rings. The van der Waals surface area contributed by atoms with Gasteiger partial charge in [0.15, 0.2) is 0 Å². The number of nitrogens with zero attached hydrogens (tertiary/aromatic N) is 3. The first kappa shape index (κ1) is 14.1. The number of amides is 1. The Kier molecular flexibility index (Phi) is 4.24. The molecule has 1 aliphatic rings. The summed E-state index contributed by atoms with van der Waals surface area (Å²) < 4.78 is 1.89. The summed E-state index contributed by atoms with van der Waals surface area (Å²) in [4.78, 5) is 14.1. The maximum absolute atomic E-state index is 12.2. The van der Waals surface area contributed by atoms with E-state index in [0.717, 1.165) is 37.3 Å². The van der Waals surface area contributed by atoms with E-state index in [-0.39, 0.29) is 11.9 Å². The molecular formula is C14H24N4O. The van der Waals surface area contributed by atoms with E-state index >= 15 is 0 Å². The molecule has 106 valence electrons. The lowest BCUT2D eigenvalue weighted by atomic mass is 10.2. The van der Waals surface area contributed by atoms with Crippen molar-refractivity contribution in [2.24, 2.45) is 7.05 Å². The summed E-state index contributed by atoms with van der Waals surface area (Å²) in [7, 11) is 1.95. The number of aromatic nitrogens is 2. The SMILES string of the molecule is Cc1nn(C)c(C)c1CNC(C)C(=O)N1CCCC1. The van der Waals surface area contributed by atoms with Crippen LogP contribution in [0.25, 0.3) is 0 Å². The fourth-order valence-electron chi connectivity index (χ4n) is 2.63. The van der Waals surface area contributed by atoms with Crippen molar-refractivity contribution in [3.63, 3.8) is 0 Å². The molecular weight excluding hydrogens is 240 g/mol. The van der Waals surface area contributed by atoms with Crippen molar-refractivity contribution in [1.82, 2.24) is 20.0 Å². The van der Waals surface area contributed by atoms with E-state index in [1.54, 1.807) is 0 Å². The number of likely N-dealkylation sites (tertiary alicyclic amines) is 1. The molecule has 1 atom stereocenters. The summed E-state index contributed by atoms with van der Waals surface area (Å²) in [5.74, 6) is 0.219. The molecule has 1 amide bonds. The topological polar surface area (TPSA) is 50.2 Å². The van der Waals surface area contributed by atoms with E-state index in [9.17, 15) is 4.79 Å². The van der Waals surface area contributed by atoms with Crippen LogP contribution in [0.3, 0.4) is 0 Å². The van der Waals surface area contributed by atoms with Gasteiger partial charge in [0.05, 0.1) is 11.7 Å². The minimum absolute atomic E-state index is 0.128. The Balaban J connectivity index is 1.92. The Morgan fingerprint density at radius 3 is 2.53 bits per heavy atom. The van der Waals surface area contributed by atoms with Gasteiger partial charge in [0.25, 0.3) is 0 Å². The molecule has 0 aromatic carbocycles. The lowest BCUT2D eigenvalue weighted by molar-refractivity contribution is -0.131. The van der Waals surface area contributed by atoms with Gasteiger partial charge in [-0.15, -0.1) is 0 Å². The number of nitrogens with one attached hydrogen (secondary N) is 1. The van der Waals surface area contributed by atoms with Crippen molar-refractivity contribution < 1.29 is 4.79 Å². The number of aryl methyl sites for hydroxylation is 2. The van der Waals surface area contributed by atoms with E-state index in [4.69, 9.17) is 0 Å².